The maximum atomic E-state index is 11.9. The number of carbonyl (C=O) groups is 1. The number of benzene rings is 1. The summed E-state index contributed by atoms with van der Waals surface area (Å²) in [6.07, 6.45) is 0. The fraction of sp³-hybridized carbons (Fsp3) is 0.462. The molecule has 0 heterocycles. The summed E-state index contributed by atoms with van der Waals surface area (Å²) in [5.74, 6) is -1.44. The largest absolute Gasteiger partial charge is 0.465 e. The smallest absolute Gasteiger partial charge is 0.317 e. The first-order valence-electron chi connectivity index (χ1n) is 5.58. The van der Waals surface area contributed by atoms with Crippen LogP contribution in [0.5, 0.6) is 0 Å². The van der Waals surface area contributed by atoms with Crippen LogP contribution in [0.1, 0.15) is 29.5 Å². The molecule has 0 aliphatic rings. The van der Waals surface area contributed by atoms with Gasteiger partial charge in [0.2, 0.25) is 3.79 Å². The second-order valence-corrected chi connectivity index (χ2v) is 6.44. The van der Waals surface area contributed by atoms with E-state index in [0.29, 0.717) is 5.56 Å². The minimum Gasteiger partial charge on any atom is -0.465 e. The topological polar surface area (TPSA) is 26.3 Å². The van der Waals surface area contributed by atoms with Crippen LogP contribution in [0.4, 0.5) is 0 Å². The Morgan fingerprint density at radius 3 is 2.33 bits per heavy atom. The van der Waals surface area contributed by atoms with Crippen molar-refractivity contribution in [2.75, 3.05) is 6.61 Å². The Morgan fingerprint density at radius 1 is 1.28 bits per heavy atom. The molecule has 0 aromatic heterocycles. The molecule has 0 aliphatic heterocycles. The van der Waals surface area contributed by atoms with E-state index in [0.717, 1.165) is 11.1 Å². The number of ether oxygens (including phenoxy) is 1. The summed E-state index contributed by atoms with van der Waals surface area (Å²) in [6.45, 7) is 5.89. The lowest BCUT2D eigenvalue weighted by molar-refractivity contribution is -0.144. The van der Waals surface area contributed by atoms with E-state index < -0.39 is 15.7 Å². The lowest BCUT2D eigenvalue weighted by Crippen LogP contribution is -2.27. The molecule has 0 bridgehead atoms. The van der Waals surface area contributed by atoms with E-state index in [1.54, 1.807) is 13.0 Å². The highest BCUT2D eigenvalue weighted by Gasteiger charge is 2.40. The van der Waals surface area contributed by atoms with Gasteiger partial charge < -0.3 is 4.74 Å². The SMILES string of the molecule is CCOC(=O)[C@H](c1ccc(C)c(C)c1)C(Cl)(Cl)Cl. The Kier molecular flexibility index (Phi) is 5.32. The second kappa shape index (κ2) is 6.14. The highest BCUT2D eigenvalue weighted by atomic mass is 35.6. The van der Waals surface area contributed by atoms with Crippen LogP contribution in [0.15, 0.2) is 18.2 Å². The van der Waals surface area contributed by atoms with Gasteiger partial charge in [0.1, 0.15) is 5.92 Å². The Labute approximate surface area is 122 Å². The van der Waals surface area contributed by atoms with Gasteiger partial charge >= 0.3 is 5.97 Å². The molecule has 100 valence electrons. The average Bonchev–Trinajstić information content (AvgIpc) is 2.22. The van der Waals surface area contributed by atoms with Gasteiger partial charge in [0, 0.05) is 0 Å². The van der Waals surface area contributed by atoms with Gasteiger partial charge in [0.05, 0.1) is 6.61 Å². The molecule has 1 rings (SSSR count). The summed E-state index contributed by atoms with van der Waals surface area (Å²) in [4.78, 5) is 11.9. The highest BCUT2D eigenvalue weighted by molar-refractivity contribution is 6.68. The third-order valence-electron chi connectivity index (χ3n) is 2.71. The molecule has 0 fully saturated rings. The molecule has 0 radical (unpaired) electrons. The van der Waals surface area contributed by atoms with Crippen molar-refractivity contribution in [2.24, 2.45) is 0 Å². The molecule has 0 N–H and O–H groups in total. The van der Waals surface area contributed by atoms with Gasteiger partial charge in [0.25, 0.3) is 0 Å². The van der Waals surface area contributed by atoms with Crippen LogP contribution in [0.25, 0.3) is 0 Å². The van der Waals surface area contributed by atoms with Gasteiger partial charge in [-0.15, -0.1) is 0 Å². The quantitative estimate of drug-likeness (QED) is 0.614. The molecule has 0 amide bonds. The minimum absolute atomic E-state index is 0.251. The standard InChI is InChI=1S/C13H15Cl3O2/c1-4-18-12(17)11(13(14,15)16)10-6-5-8(2)9(3)7-10/h5-7,11H,4H2,1-3H3/t11-/m0/s1. The van der Waals surface area contributed by atoms with Crippen molar-refractivity contribution in [3.05, 3.63) is 34.9 Å². The average molecular weight is 310 g/mol. The van der Waals surface area contributed by atoms with Crippen LogP contribution >= 0.6 is 34.8 Å². The molecule has 5 heteroatoms. The monoisotopic (exact) mass is 308 g/mol. The fourth-order valence-corrected chi connectivity index (χ4v) is 2.27. The first-order valence-corrected chi connectivity index (χ1v) is 6.71. The molecule has 0 unspecified atom stereocenters. The molecule has 1 aromatic carbocycles. The van der Waals surface area contributed by atoms with E-state index in [-0.39, 0.29) is 6.61 Å². The first-order chi connectivity index (χ1) is 8.27. The summed E-state index contributed by atoms with van der Waals surface area (Å²) >= 11 is 17.7. The van der Waals surface area contributed by atoms with Crippen molar-refractivity contribution in [1.29, 1.82) is 0 Å². The third kappa shape index (κ3) is 3.78. The van der Waals surface area contributed by atoms with Gasteiger partial charge in [-0.25, -0.2) is 0 Å². The molecule has 0 saturated carbocycles. The molecule has 18 heavy (non-hydrogen) atoms. The van der Waals surface area contributed by atoms with E-state index in [9.17, 15) is 4.79 Å². The van der Waals surface area contributed by atoms with Crippen LogP contribution in [-0.4, -0.2) is 16.4 Å². The van der Waals surface area contributed by atoms with Crippen LogP contribution in [0.3, 0.4) is 0 Å². The summed E-state index contributed by atoms with van der Waals surface area (Å²) < 4.78 is 3.23. The van der Waals surface area contributed by atoms with Gasteiger partial charge in [-0.2, -0.15) is 0 Å². The lowest BCUT2D eigenvalue weighted by Gasteiger charge is -2.23. The molecule has 1 atom stereocenters. The summed E-state index contributed by atoms with van der Waals surface area (Å²) in [5, 5.41) is 0. The van der Waals surface area contributed by atoms with Crippen LogP contribution in [0, 0.1) is 13.8 Å². The first kappa shape index (κ1) is 15.6. The van der Waals surface area contributed by atoms with Crippen LogP contribution in [0.2, 0.25) is 0 Å². The zero-order valence-electron chi connectivity index (χ0n) is 10.5. The highest BCUT2D eigenvalue weighted by Crippen LogP contribution is 2.42. The van der Waals surface area contributed by atoms with Crippen molar-refractivity contribution >= 4 is 40.8 Å². The Bertz CT molecular complexity index is 438. The number of hydrogen-bond donors (Lipinski definition) is 0. The Balaban J connectivity index is 3.18. The van der Waals surface area contributed by atoms with Crippen molar-refractivity contribution < 1.29 is 9.53 Å². The number of alkyl halides is 3. The number of rotatable bonds is 3. The Hall–Kier alpha value is -0.440. The fourth-order valence-electron chi connectivity index (χ4n) is 1.63. The van der Waals surface area contributed by atoms with E-state index >= 15 is 0 Å². The molecule has 1 aromatic rings. The molecule has 0 spiro atoms. The van der Waals surface area contributed by atoms with Crippen LogP contribution < -0.4 is 0 Å². The number of esters is 1. The third-order valence-corrected chi connectivity index (χ3v) is 3.37. The maximum Gasteiger partial charge on any atom is 0.317 e. The zero-order chi connectivity index (χ0) is 13.9. The minimum atomic E-state index is -1.73. The predicted molar refractivity (Wildman–Crippen MR) is 75.6 cm³/mol. The van der Waals surface area contributed by atoms with Gasteiger partial charge in [-0.1, -0.05) is 53.0 Å². The van der Waals surface area contributed by atoms with Crippen LogP contribution in [-0.2, 0) is 9.53 Å². The predicted octanol–water partition coefficient (Wildman–Crippen LogP) is 4.32. The Morgan fingerprint density at radius 2 is 1.89 bits per heavy atom. The number of hydrogen-bond acceptors (Lipinski definition) is 2. The number of carbonyl (C=O) groups excluding carboxylic acids is 1. The van der Waals surface area contributed by atoms with Gasteiger partial charge in [-0.3, -0.25) is 4.79 Å². The van der Waals surface area contributed by atoms with Gasteiger partial charge in [0.15, 0.2) is 0 Å². The second-order valence-electron chi connectivity index (χ2n) is 4.07. The number of halogens is 3. The van der Waals surface area contributed by atoms with E-state index in [1.165, 1.54) is 0 Å². The maximum absolute atomic E-state index is 11.9. The van der Waals surface area contributed by atoms with E-state index in [2.05, 4.69) is 0 Å². The van der Waals surface area contributed by atoms with Crippen molar-refractivity contribution in [1.82, 2.24) is 0 Å². The zero-order valence-corrected chi connectivity index (χ0v) is 12.7. The normalized spacial score (nSPS) is 13.2. The van der Waals surface area contributed by atoms with E-state index in [1.807, 2.05) is 26.0 Å². The van der Waals surface area contributed by atoms with Crippen molar-refractivity contribution in [2.45, 2.75) is 30.5 Å². The molecule has 2 nitrogen and oxygen atoms in total. The molecular formula is C13H15Cl3O2. The lowest BCUT2D eigenvalue weighted by atomic mass is 9.96. The molecular weight excluding hydrogens is 294 g/mol. The van der Waals surface area contributed by atoms with Gasteiger partial charge in [-0.05, 0) is 37.5 Å². The number of aryl methyl sites for hydroxylation is 2. The van der Waals surface area contributed by atoms with Crippen molar-refractivity contribution in [3.8, 4) is 0 Å². The molecule has 0 aliphatic carbocycles. The van der Waals surface area contributed by atoms with E-state index in [4.69, 9.17) is 39.5 Å². The summed E-state index contributed by atoms with van der Waals surface area (Å²) in [7, 11) is 0. The summed E-state index contributed by atoms with van der Waals surface area (Å²) in [6, 6.07) is 5.53. The summed E-state index contributed by atoms with van der Waals surface area (Å²) in [5.41, 5.74) is 2.80. The van der Waals surface area contributed by atoms with Crippen molar-refractivity contribution in [3.63, 3.8) is 0 Å². The molecule has 0 saturated heterocycles.